The fraction of sp³-hybridized carbons (Fsp3) is 0.0426. The number of hydrogen-bond acceptors (Lipinski definition) is 0. The Balaban J connectivity index is 0.000000167. The second-order valence-electron chi connectivity index (χ2n) is 11.5. The summed E-state index contributed by atoms with van der Waals surface area (Å²) in [6.45, 7) is 0. The number of benzene rings is 8. The Labute approximate surface area is 343 Å². The number of allylic oxidation sites excluding steroid dienone is 4. The van der Waals surface area contributed by atoms with E-state index in [2.05, 4.69) is 95.2 Å². The summed E-state index contributed by atoms with van der Waals surface area (Å²) < 4.78 is 3.34. The molecule has 0 saturated heterocycles. The van der Waals surface area contributed by atoms with Crippen molar-refractivity contribution in [3.05, 3.63) is 203 Å². The Morgan fingerprint density at radius 3 is 1.75 bits per heavy atom. The van der Waals surface area contributed by atoms with Crippen molar-refractivity contribution in [1.82, 2.24) is 0 Å². The summed E-state index contributed by atoms with van der Waals surface area (Å²) in [5, 5.41) is 11.3. The van der Waals surface area contributed by atoms with Gasteiger partial charge in [-0.05, 0) is 38.5 Å². The maximum atomic E-state index is 5.79. The summed E-state index contributed by atoms with van der Waals surface area (Å²) >= 11 is 12.9. The summed E-state index contributed by atoms with van der Waals surface area (Å²) in [4.78, 5) is 0. The first-order chi connectivity index (χ1) is 24.7. The topological polar surface area (TPSA) is 0 Å². The van der Waals surface area contributed by atoms with Crippen LogP contribution in [-0.2, 0) is 30.7 Å². The first-order valence-electron chi connectivity index (χ1n) is 16.3. The predicted octanol–water partition coefficient (Wildman–Crippen LogP) is 14.1. The molecule has 0 aliphatic heterocycles. The zero-order valence-corrected chi connectivity index (χ0v) is 33.8. The molecule has 0 heterocycles. The Morgan fingerprint density at radius 1 is 0.596 bits per heavy atom. The number of hydrogen-bond donors (Lipinski definition) is 0. The SMILES string of the molecule is Cl.Cl.Clc1c[c-]c2ccccc2c1.Clc1c[c-]c2ccccc2c1.[C-]1=CC=CC1.[CH2]=[Zr].[c-]1cccc2c1c1c(c3ccccc32)-c2ccccc2C1. The van der Waals surface area contributed by atoms with Crippen LogP contribution in [0.4, 0.5) is 0 Å². The molecule has 0 atom stereocenters. The van der Waals surface area contributed by atoms with Crippen molar-refractivity contribution in [1.29, 1.82) is 0 Å². The fourth-order valence-electron chi connectivity index (χ4n) is 6.25. The maximum Gasteiger partial charge on any atom is -0.0240 e. The van der Waals surface area contributed by atoms with Crippen molar-refractivity contribution < 1.29 is 24.2 Å². The zero-order chi connectivity index (χ0) is 34.7. The molecule has 0 spiro atoms. The molecule has 2 aliphatic carbocycles. The minimum atomic E-state index is 0. The molecule has 10 rings (SSSR count). The minimum absolute atomic E-state index is 0. The monoisotopic (exact) mass is 828 g/mol. The smallest absolute Gasteiger partial charge is 0.0240 e. The minimum Gasteiger partial charge on any atom is -0.147 e. The van der Waals surface area contributed by atoms with Crippen molar-refractivity contribution in [2.45, 2.75) is 12.8 Å². The zero-order valence-electron chi connectivity index (χ0n) is 28.2. The first kappa shape index (κ1) is 41.0. The van der Waals surface area contributed by atoms with E-state index in [9.17, 15) is 0 Å². The number of fused-ring (bicyclic) bond motifs is 10. The molecular weight excluding hydrogens is 798 g/mol. The summed E-state index contributed by atoms with van der Waals surface area (Å²) in [6, 6.07) is 57.0. The molecule has 0 unspecified atom stereocenters. The van der Waals surface area contributed by atoms with Crippen LogP contribution in [0, 0.1) is 24.3 Å². The van der Waals surface area contributed by atoms with Crippen LogP contribution in [0.1, 0.15) is 17.5 Å². The standard InChI is InChI=1S/C21H13.2C10H6Cl.C5H5.CH2.2ClH.Zr/c1-2-8-15-14(7-1)13-20-18-11-4-3-9-16(18)17-10-5-6-12-19(17)21(15)20;2*11-10-6-5-8-3-1-2-4-9(8)7-10;1-2-4-5-3-1;;;;/h1-10,12H,13H2;2*1-4,6-7H;1-3H,4H2;1H2;2*1H;/q4*-1;;;;. The Bertz CT molecular complexity index is 2380. The van der Waals surface area contributed by atoms with Gasteiger partial charge in [-0.1, -0.05) is 78.2 Å². The molecule has 2 aliphatic rings. The molecule has 0 N–H and O–H groups in total. The van der Waals surface area contributed by atoms with Crippen molar-refractivity contribution in [2.24, 2.45) is 0 Å². The van der Waals surface area contributed by atoms with E-state index in [1.165, 1.54) is 68.0 Å². The molecule has 0 bridgehead atoms. The molecule has 0 fully saturated rings. The third-order valence-corrected chi connectivity index (χ3v) is 8.86. The van der Waals surface area contributed by atoms with Crippen LogP contribution in [0.25, 0.3) is 54.2 Å². The van der Waals surface area contributed by atoms with E-state index in [1.54, 1.807) is 12.1 Å². The second kappa shape index (κ2) is 20.4. The van der Waals surface area contributed by atoms with E-state index >= 15 is 0 Å². The fourth-order valence-corrected chi connectivity index (χ4v) is 6.59. The van der Waals surface area contributed by atoms with E-state index in [4.69, 9.17) is 23.2 Å². The van der Waals surface area contributed by atoms with Crippen LogP contribution in [0.5, 0.6) is 0 Å². The third-order valence-electron chi connectivity index (χ3n) is 8.43. The molecule has 52 heavy (non-hydrogen) atoms. The van der Waals surface area contributed by atoms with Gasteiger partial charge in [-0.3, -0.25) is 6.08 Å². The van der Waals surface area contributed by atoms with Gasteiger partial charge in [0.15, 0.2) is 0 Å². The summed E-state index contributed by atoms with van der Waals surface area (Å²) in [7, 11) is 0. The molecular formula is C47H34Cl4Zr-4. The van der Waals surface area contributed by atoms with E-state index in [1.807, 2.05) is 78.9 Å². The molecule has 0 saturated carbocycles. The van der Waals surface area contributed by atoms with E-state index in [0.717, 1.165) is 44.4 Å². The van der Waals surface area contributed by atoms with Crippen LogP contribution < -0.4 is 0 Å². The molecule has 0 nitrogen and oxygen atoms in total. The quantitative estimate of drug-likeness (QED) is 0.105. The van der Waals surface area contributed by atoms with Gasteiger partial charge in [0.05, 0.1) is 0 Å². The summed E-state index contributed by atoms with van der Waals surface area (Å²) in [6.07, 6.45) is 11.0. The van der Waals surface area contributed by atoms with Crippen LogP contribution >= 0.6 is 48.0 Å². The summed E-state index contributed by atoms with van der Waals surface area (Å²) in [5.41, 5.74) is 5.67. The van der Waals surface area contributed by atoms with Gasteiger partial charge >= 0.3 is 28.4 Å². The normalized spacial score (nSPS) is 11.2. The average Bonchev–Trinajstić information content (AvgIpc) is 3.89. The van der Waals surface area contributed by atoms with E-state index in [0.29, 0.717) is 0 Å². The van der Waals surface area contributed by atoms with E-state index < -0.39 is 0 Å². The van der Waals surface area contributed by atoms with Crippen molar-refractivity contribution in [2.75, 3.05) is 0 Å². The van der Waals surface area contributed by atoms with E-state index in [-0.39, 0.29) is 24.8 Å². The first-order valence-corrected chi connectivity index (χ1v) is 18.8. The molecule has 8 aromatic rings. The molecule has 0 aromatic heterocycles. The van der Waals surface area contributed by atoms with Gasteiger partial charge in [-0.2, -0.15) is 6.08 Å². The van der Waals surface area contributed by atoms with Crippen LogP contribution in [0.3, 0.4) is 0 Å². The molecule has 8 aromatic carbocycles. The molecule has 258 valence electrons. The molecule has 0 amide bonds. The average molecular weight is 832 g/mol. The van der Waals surface area contributed by atoms with Gasteiger partial charge in [-0.25, -0.2) is 12.2 Å². The molecule has 0 radical (unpaired) electrons. The van der Waals surface area contributed by atoms with Crippen molar-refractivity contribution >= 4 is 95.3 Å². The van der Waals surface area contributed by atoms with Gasteiger partial charge < -0.3 is 0 Å². The van der Waals surface area contributed by atoms with Gasteiger partial charge in [0.2, 0.25) is 0 Å². The van der Waals surface area contributed by atoms with Crippen LogP contribution in [0.15, 0.2) is 158 Å². The Kier molecular flexibility index (Phi) is 16.1. The van der Waals surface area contributed by atoms with Gasteiger partial charge in [-0.15, -0.1) is 177 Å². The number of rotatable bonds is 0. The van der Waals surface area contributed by atoms with Gasteiger partial charge in [0.25, 0.3) is 0 Å². The third kappa shape index (κ3) is 9.78. The second-order valence-corrected chi connectivity index (χ2v) is 12.4. The van der Waals surface area contributed by atoms with Gasteiger partial charge in [0, 0.05) is 0 Å². The largest absolute Gasteiger partial charge is 0.147 e. The van der Waals surface area contributed by atoms with Crippen LogP contribution in [0.2, 0.25) is 10.0 Å². The van der Waals surface area contributed by atoms with Gasteiger partial charge in [0.1, 0.15) is 0 Å². The Hall–Kier alpha value is -3.81. The Morgan fingerprint density at radius 2 is 1.15 bits per heavy atom. The molecule has 5 heteroatoms. The number of halogens is 4. The van der Waals surface area contributed by atoms with Crippen molar-refractivity contribution in [3.63, 3.8) is 0 Å². The maximum absolute atomic E-state index is 5.79. The van der Waals surface area contributed by atoms with Crippen LogP contribution in [-0.4, -0.2) is 4.21 Å². The predicted molar refractivity (Wildman–Crippen MR) is 227 cm³/mol. The van der Waals surface area contributed by atoms with Crippen molar-refractivity contribution in [3.8, 4) is 11.1 Å². The summed E-state index contributed by atoms with van der Waals surface area (Å²) in [5.74, 6) is 0.